The Balaban J connectivity index is 1.66. The molecule has 0 unspecified atom stereocenters. The normalized spacial score (nSPS) is 13.1. The molecule has 1 aliphatic rings. The highest BCUT2D eigenvalue weighted by Crippen LogP contribution is 2.34. The SMILES string of the molecule is CC(C)(C)NC(=O)[C@@H](c1ccccc1)N(Cc1ccc2c(c1)OCO2)C(=O)CNC(=O)c1cccs1. The number of nitrogens with one attached hydrogen (secondary N) is 2. The Bertz CT molecular complexity index is 1220. The number of carbonyl (C=O) groups is 3. The highest BCUT2D eigenvalue weighted by Gasteiger charge is 2.33. The van der Waals surface area contributed by atoms with Crippen LogP contribution in [0.25, 0.3) is 0 Å². The summed E-state index contributed by atoms with van der Waals surface area (Å²) in [5.41, 5.74) is 0.921. The number of ether oxygens (including phenoxy) is 2. The van der Waals surface area contributed by atoms with E-state index in [1.165, 1.54) is 16.2 Å². The van der Waals surface area contributed by atoms with E-state index in [2.05, 4.69) is 10.6 Å². The lowest BCUT2D eigenvalue weighted by molar-refractivity contribution is -0.141. The van der Waals surface area contributed by atoms with Gasteiger partial charge in [-0.2, -0.15) is 0 Å². The number of amides is 3. The van der Waals surface area contributed by atoms with Crippen molar-refractivity contribution in [1.82, 2.24) is 15.5 Å². The average Bonchev–Trinajstić information content (AvgIpc) is 3.53. The summed E-state index contributed by atoms with van der Waals surface area (Å²) >= 11 is 1.29. The van der Waals surface area contributed by atoms with Crippen molar-refractivity contribution in [2.45, 2.75) is 38.9 Å². The van der Waals surface area contributed by atoms with Gasteiger partial charge < -0.3 is 25.0 Å². The molecule has 2 heterocycles. The molecule has 9 heteroatoms. The van der Waals surface area contributed by atoms with E-state index in [9.17, 15) is 14.4 Å². The van der Waals surface area contributed by atoms with Crippen LogP contribution in [0.15, 0.2) is 66.0 Å². The number of nitrogens with zero attached hydrogens (tertiary/aromatic N) is 1. The Morgan fingerprint density at radius 2 is 1.75 bits per heavy atom. The number of fused-ring (bicyclic) bond motifs is 1. The zero-order chi connectivity index (χ0) is 25.7. The second kappa shape index (κ2) is 10.8. The molecule has 0 saturated carbocycles. The van der Waals surface area contributed by atoms with Crippen molar-refractivity contribution in [3.8, 4) is 11.5 Å². The fraction of sp³-hybridized carbons (Fsp3) is 0.296. The maximum absolute atomic E-state index is 13.6. The molecule has 4 rings (SSSR count). The molecule has 1 atom stereocenters. The van der Waals surface area contributed by atoms with Crippen molar-refractivity contribution in [2.75, 3.05) is 13.3 Å². The average molecular weight is 508 g/mol. The number of benzene rings is 2. The Kier molecular flexibility index (Phi) is 7.59. The van der Waals surface area contributed by atoms with Gasteiger partial charge in [-0.3, -0.25) is 14.4 Å². The first kappa shape index (κ1) is 25.2. The van der Waals surface area contributed by atoms with Crippen LogP contribution in [-0.4, -0.2) is 41.5 Å². The third-order valence-corrected chi connectivity index (χ3v) is 6.30. The summed E-state index contributed by atoms with van der Waals surface area (Å²) < 4.78 is 10.9. The van der Waals surface area contributed by atoms with Crippen LogP contribution in [0, 0.1) is 0 Å². The van der Waals surface area contributed by atoms with E-state index in [1.807, 2.05) is 57.2 Å². The van der Waals surface area contributed by atoms with Crippen molar-refractivity contribution >= 4 is 29.1 Å². The van der Waals surface area contributed by atoms with Crippen LogP contribution in [0.3, 0.4) is 0 Å². The van der Waals surface area contributed by atoms with Crippen molar-refractivity contribution in [3.63, 3.8) is 0 Å². The molecule has 2 aromatic carbocycles. The summed E-state index contributed by atoms with van der Waals surface area (Å²) in [7, 11) is 0. The van der Waals surface area contributed by atoms with Crippen LogP contribution < -0.4 is 20.1 Å². The lowest BCUT2D eigenvalue weighted by atomic mass is 10.0. The molecule has 1 aliphatic heterocycles. The van der Waals surface area contributed by atoms with E-state index in [-0.39, 0.29) is 31.7 Å². The minimum atomic E-state index is -0.915. The van der Waals surface area contributed by atoms with Crippen molar-refractivity contribution < 1.29 is 23.9 Å². The number of hydrogen-bond donors (Lipinski definition) is 2. The predicted octanol–water partition coefficient (Wildman–Crippen LogP) is 3.89. The highest BCUT2D eigenvalue weighted by molar-refractivity contribution is 7.12. The molecule has 3 aromatic rings. The summed E-state index contributed by atoms with van der Waals surface area (Å²) in [6, 6.07) is 17.1. The van der Waals surface area contributed by atoms with Crippen LogP contribution in [0.5, 0.6) is 11.5 Å². The first-order valence-corrected chi connectivity index (χ1v) is 12.5. The van der Waals surface area contributed by atoms with Gasteiger partial charge in [-0.15, -0.1) is 11.3 Å². The smallest absolute Gasteiger partial charge is 0.261 e. The Morgan fingerprint density at radius 3 is 2.44 bits per heavy atom. The van der Waals surface area contributed by atoms with Crippen LogP contribution >= 0.6 is 11.3 Å². The van der Waals surface area contributed by atoms with E-state index >= 15 is 0 Å². The molecule has 188 valence electrons. The second-order valence-electron chi connectivity index (χ2n) is 9.42. The van der Waals surface area contributed by atoms with Crippen molar-refractivity contribution in [3.05, 3.63) is 82.0 Å². The maximum Gasteiger partial charge on any atom is 0.261 e. The Morgan fingerprint density at radius 1 is 1.00 bits per heavy atom. The van der Waals surface area contributed by atoms with E-state index < -0.39 is 17.5 Å². The fourth-order valence-electron chi connectivity index (χ4n) is 3.86. The molecule has 2 N–H and O–H groups in total. The summed E-state index contributed by atoms with van der Waals surface area (Å²) in [5, 5.41) is 7.49. The third kappa shape index (κ3) is 6.23. The fourth-order valence-corrected chi connectivity index (χ4v) is 4.50. The largest absolute Gasteiger partial charge is 0.454 e. The van der Waals surface area contributed by atoms with E-state index in [0.717, 1.165) is 5.56 Å². The minimum Gasteiger partial charge on any atom is -0.454 e. The van der Waals surface area contributed by atoms with Crippen LogP contribution in [-0.2, 0) is 16.1 Å². The zero-order valence-corrected chi connectivity index (χ0v) is 21.3. The number of hydrogen-bond acceptors (Lipinski definition) is 6. The molecule has 8 nitrogen and oxygen atoms in total. The highest BCUT2D eigenvalue weighted by atomic mass is 32.1. The van der Waals surface area contributed by atoms with Gasteiger partial charge in [-0.05, 0) is 55.5 Å². The van der Waals surface area contributed by atoms with Crippen LogP contribution in [0.4, 0.5) is 0 Å². The molecule has 0 fully saturated rings. The molecular formula is C27H29N3O5S. The Labute approximate surface area is 214 Å². The lowest BCUT2D eigenvalue weighted by Gasteiger charge is -2.34. The van der Waals surface area contributed by atoms with Crippen molar-refractivity contribution in [1.29, 1.82) is 0 Å². The van der Waals surface area contributed by atoms with E-state index in [1.54, 1.807) is 29.6 Å². The molecule has 0 bridgehead atoms. The standard InChI is InChI=1S/C27H29N3O5S/c1-27(2,3)29-26(33)24(19-8-5-4-6-9-19)30(16-18-11-12-20-21(14-18)35-17-34-20)23(31)15-28-25(32)22-10-7-13-36-22/h4-14,24H,15-17H2,1-3H3,(H,28,32)(H,29,33)/t24-/m1/s1. The van der Waals surface area contributed by atoms with Gasteiger partial charge >= 0.3 is 0 Å². The molecule has 0 saturated heterocycles. The van der Waals surface area contributed by atoms with Gasteiger partial charge in [0.05, 0.1) is 11.4 Å². The van der Waals surface area contributed by atoms with E-state index in [4.69, 9.17) is 9.47 Å². The van der Waals surface area contributed by atoms with Gasteiger partial charge in [0.1, 0.15) is 6.04 Å². The molecule has 0 radical (unpaired) electrons. The van der Waals surface area contributed by atoms with Gasteiger partial charge in [0.2, 0.25) is 18.6 Å². The molecule has 3 amide bonds. The second-order valence-corrected chi connectivity index (χ2v) is 10.4. The summed E-state index contributed by atoms with van der Waals surface area (Å²) in [6.07, 6.45) is 0. The molecule has 36 heavy (non-hydrogen) atoms. The topological polar surface area (TPSA) is 97.0 Å². The molecule has 1 aromatic heterocycles. The first-order valence-electron chi connectivity index (χ1n) is 11.6. The van der Waals surface area contributed by atoms with Gasteiger partial charge in [0, 0.05) is 12.1 Å². The monoisotopic (exact) mass is 507 g/mol. The van der Waals surface area contributed by atoms with Gasteiger partial charge in [0.15, 0.2) is 11.5 Å². The molecular weight excluding hydrogens is 478 g/mol. The summed E-state index contributed by atoms with van der Waals surface area (Å²) in [6.45, 7) is 5.67. The van der Waals surface area contributed by atoms with Gasteiger partial charge in [-0.1, -0.05) is 42.5 Å². The van der Waals surface area contributed by atoms with Crippen LogP contribution in [0.1, 0.15) is 47.6 Å². The van der Waals surface area contributed by atoms with E-state index in [0.29, 0.717) is 21.9 Å². The number of thiophene rings is 1. The van der Waals surface area contributed by atoms with Gasteiger partial charge in [-0.25, -0.2) is 0 Å². The summed E-state index contributed by atoms with van der Waals surface area (Å²) in [5.74, 6) is 0.172. The van der Waals surface area contributed by atoms with Crippen molar-refractivity contribution in [2.24, 2.45) is 0 Å². The lowest BCUT2D eigenvalue weighted by Crippen LogP contribution is -2.50. The quantitative estimate of drug-likeness (QED) is 0.482. The first-order chi connectivity index (χ1) is 17.2. The predicted molar refractivity (Wildman–Crippen MR) is 137 cm³/mol. The summed E-state index contributed by atoms with van der Waals surface area (Å²) in [4.78, 5) is 41.7. The number of carbonyl (C=O) groups excluding carboxylic acids is 3. The van der Waals surface area contributed by atoms with Crippen LogP contribution in [0.2, 0.25) is 0 Å². The zero-order valence-electron chi connectivity index (χ0n) is 20.4. The molecule has 0 aliphatic carbocycles. The third-order valence-electron chi connectivity index (χ3n) is 5.43. The minimum absolute atomic E-state index is 0.126. The maximum atomic E-state index is 13.6. The van der Waals surface area contributed by atoms with Gasteiger partial charge in [0.25, 0.3) is 5.91 Å². The Hall–Kier alpha value is -3.85. The number of rotatable bonds is 8. The molecule has 0 spiro atoms.